The van der Waals surface area contributed by atoms with E-state index in [2.05, 4.69) is 4.90 Å². The smallest absolute Gasteiger partial charge is 0.123 e. The molecule has 2 atom stereocenters. The van der Waals surface area contributed by atoms with Crippen molar-refractivity contribution in [3.8, 4) is 0 Å². The number of fused-ring (bicyclic) bond motifs is 1. The third-order valence-corrected chi connectivity index (χ3v) is 3.60. The molecule has 0 radical (unpaired) electrons. The van der Waals surface area contributed by atoms with Crippen LogP contribution < -0.4 is 5.73 Å². The van der Waals surface area contributed by atoms with Crippen LogP contribution in [-0.2, 0) is 6.54 Å². The van der Waals surface area contributed by atoms with Gasteiger partial charge in [-0.25, -0.2) is 4.39 Å². The number of nitrogens with zero attached hydrogens (tertiary/aromatic N) is 1. The van der Waals surface area contributed by atoms with Crippen molar-refractivity contribution in [1.82, 2.24) is 4.90 Å². The minimum absolute atomic E-state index is 0.111. The molecule has 0 unspecified atom stereocenters. The van der Waals surface area contributed by atoms with Gasteiger partial charge in [0, 0.05) is 25.2 Å². The molecule has 0 spiro atoms. The molecular weight excluding hydrogens is 191 g/mol. The molecule has 1 heterocycles. The Labute approximate surface area is 88.9 Å². The molecule has 80 valence electrons. The van der Waals surface area contributed by atoms with Gasteiger partial charge in [-0.2, -0.15) is 0 Å². The van der Waals surface area contributed by atoms with Crippen molar-refractivity contribution >= 4 is 0 Å². The van der Waals surface area contributed by atoms with Gasteiger partial charge in [0.25, 0.3) is 0 Å². The first kappa shape index (κ1) is 9.31. The quantitative estimate of drug-likeness (QED) is 0.791. The topological polar surface area (TPSA) is 29.3 Å². The number of benzene rings is 1. The standard InChI is InChI=1S/C12H15FN2/c13-11-3-1-9(2-4-11)6-15-7-10-5-12(10,14)8-15/h1-4,10H,5-8,14H2/t10-,12+/m1/s1. The van der Waals surface area contributed by atoms with Gasteiger partial charge in [0.2, 0.25) is 0 Å². The molecule has 0 aromatic heterocycles. The number of halogens is 1. The van der Waals surface area contributed by atoms with E-state index in [-0.39, 0.29) is 11.4 Å². The lowest BCUT2D eigenvalue weighted by Crippen LogP contribution is -2.32. The lowest BCUT2D eigenvalue weighted by atomic mass is 10.2. The molecule has 2 fully saturated rings. The zero-order chi connectivity index (χ0) is 10.5. The first-order chi connectivity index (χ1) is 7.16. The van der Waals surface area contributed by atoms with Crippen LogP contribution in [-0.4, -0.2) is 23.5 Å². The largest absolute Gasteiger partial charge is 0.324 e. The van der Waals surface area contributed by atoms with Crippen LogP contribution in [0, 0.1) is 11.7 Å². The maximum atomic E-state index is 12.7. The van der Waals surface area contributed by atoms with Crippen molar-refractivity contribution in [1.29, 1.82) is 0 Å². The van der Waals surface area contributed by atoms with E-state index in [4.69, 9.17) is 5.73 Å². The van der Waals surface area contributed by atoms with Gasteiger partial charge >= 0.3 is 0 Å². The minimum atomic E-state index is -0.168. The normalized spacial score (nSPS) is 34.1. The molecule has 15 heavy (non-hydrogen) atoms. The Morgan fingerprint density at radius 3 is 2.73 bits per heavy atom. The maximum Gasteiger partial charge on any atom is 0.123 e. The molecule has 1 aromatic rings. The van der Waals surface area contributed by atoms with Gasteiger partial charge in [-0.1, -0.05) is 12.1 Å². The molecule has 2 aliphatic rings. The van der Waals surface area contributed by atoms with Gasteiger partial charge in [-0.3, -0.25) is 4.90 Å². The summed E-state index contributed by atoms with van der Waals surface area (Å²) in [6, 6.07) is 6.74. The highest BCUT2D eigenvalue weighted by Crippen LogP contribution is 2.47. The lowest BCUT2D eigenvalue weighted by molar-refractivity contribution is 0.290. The maximum absolute atomic E-state index is 12.7. The summed E-state index contributed by atoms with van der Waals surface area (Å²) in [7, 11) is 0. The van der Waals surface area contributed by atoms with Crippen molar-refractivity contribution in [2.45, 2.75) is 18.5 Å². The first-order valence-electron chi connectivity index (χ1n) is 5.41. The molecule has 0 amide bonds. The molecule has 1 saturated carbocycles. The molecule has 1 aliphatic heterocycles. The number of piperidine rings is 1. The molecule has 1 aliphatic carbocycles. The van der Waals surface area contributed by atoms with Crippen LogP contribution in [0.25, 0.3) is 0 Å². The van der Waals surface area contributed by atoms with Crippen LogP contribution in [0.1, 0.15) is 12.0 Å². The summed E-state index contributed by atoms with van der Waals surface area (Å²) in [5.74, 6) is 0.538. The van der Waals surface area contributed by atoms with E-state index in [9.17, 15) is 4.39 Å². The summed E-state index contributed by atoms with van der Waals surface area (Å²) in [6.07, 6.45) is 1.19. The molecule has 3 heteroatoms. The third-order valence-electron chi connectivity index (χ3n) is 3.60. The SMILES string of the molecule is N[C@]12C[C@@H]1CN(Cc1ccc(F)cc1)C2. The summed E-state index contributed by atoms with van der Waals surface area (Å²) in [6.45, 7) is 3.00. The van der Waals surface area contributed by atoms with Gasteiger partial charge in [-0.15, -0.1) is 0 Å². The summed E-state index contributed by atoms with van der Waals surface area (Å²) < 4.78 is 12.7. The highest BCUT2D eigenvalue weighted by molar-refractivity contribution is 5.19. The lowest BCUT2D eigenvalue weighted by Gasteiger charge is -2.18. The third kappa shape index (κ3) is 1.66. The Morgan fingerprint density at radius 1 is 1.40 bits per heavy atom. The van der Waals surface area contributed by atoms with Crippen LogP contribution in [0.5, 0.6) is 0 Å². The molecule has 2 nitrogen and oxygen atoms in total. The highest BCUT2D eigenvalue weighted by Gasteiger charge is 2.56. The Morgan fingerprint density at radius 2 is 2.13 bits per heavy atom. The summed E-state index contributed by atoms with van der Waals surface area (Å²) in [5, 5.41) is 0. The average molecular weight is 206 g/mol. The van der Waals surface area contributed by atoms with E-state index in [1.807, 2.05) is 12.1 Å². The van der Waals surface area contributed by atoms with E-state index < -0.39 is 0 Å². The van der Waals surface area contributed by atoms with Gasteiger partial charge in [0.05, 0.1) is 0 Å². The Hall–Kier alpha value is -0.930. The first-order valence-corrected chi connectivity index (χ1v) is 5.41. The number of hydrogen-bond donors (Lipinski definition) is 1. The fraction of sp³-hybridized carbons (Fsp3) is 0.500. The predicted octanol–water partition coefficient (Wildman–Crippen LogP) is 1.36. The Kier molecular flexibility index (Phi) is 1.88. The second kappa shape index (κ2) is 3.03. The number of rotatable bonds is 2. The Balaban J connectivity index is 1.64. The van der Waals surface area contributed by atoms with Crippen molar-refractivity contribution in [2.24, 2.45) is 11.7 Å². The van der Waals surface area contributed by atoms with E-state index >= 15 is 0 Å². The second-order valence-corrected chi connectivity index (χ2v) is 4.93. The summed E-state index contributed by atoms with van der Waals surface area (Å²) in [5.41, 5.74) is 7.40. The van der Waals surface area contributed by atoms with Gasteiger partial charge in [-0.05, 0) is 30.0 Å². The highest BCUT2D eigenvalue weighted by atomic mass is 19.1. The second-order valence-electron chi connectivity index (χ2n) is 4.93. The van der Waals surface area contributed by atoms with Crippen LogP contribution in [0.2, 0.25) is 0 Å². The number of hydrogen-bond acceptors (Lipinski definition) is 2. The van der Waals surface area contributed by atoms with E-state index in [0.29, 0.717) is 5.92 Å². The zero-order valence-electron chi connectivity index (χ0n) is 8.62. The number of likely N-dealkylation sites (tertiary alicyclic amines) is 1. The summed E-state index contributed by atoms with van der Waals surface area (Å²) >= 11 is 0. The zero-order valence-corrected chi connectivity index (χ0v) is 8.62. The monoisotopic (exact) mass is 206 g/mol. The van der Waals surface area contributed by atoms with E-state index in [1.54, 1.807) is 0 Å². The number of nitrogens with two attached hydrogens (primary N) is 1. The minimum Gasteiger partial charge on any atom is -0.324 e. The van der Waals surface area contributed by atoms with Crippen LogP contribution in [0.15, 0.2) is 24.3 Å². The fourth-order valence-corrected chi connectivity index (χ4v) is 2.60. The van der Waals surface area contributed by atoms with E-state index in [0.717, 1.165) is 19.6 Å². The molecule has 1 aromatic carbocycles. The molecule has 2 N–H and O–H groups in total. The van der Waals surface area contributed by atoms with Crippen molar-refractivity contribution < 1.29 is 4.39 Å². The predicted molar refractivity (Wildman–Crippen MR) is 56.7 cm³/mol. The van der Waals surface area contributed by atoms with Crippen molar-refractivity contribution in [3.05, 3.63) is 35.6 Å². The molecule has 0 bridgehead atoms. The fourth-order valence-electron chi connectivity index (χ4n) is 2.60. The van der Waals surface area contributed by atoms with Gasteiger partial charge in [0.15, 0.2) is 0 Å². The van der Waals surface area contributed by atoms with Crippen molar-refractivity contribution in [3.63, 3.8) is 0 Å². The average Bonchev–Trinajstić information content (AvgIpc) is 2.70. The van der Waals surface area contributed by atoms with Gasteiger partial charge in [0.1, 0.15) is 5.82 Å². The van der Waals surface area contributed by atoms with Crippen LogP contribution in [0.3, 0.4) is 0 Å². The van der Waals surface area contributed by atoms with Crippen LogP contribution in [0.4, 0.5) is 4.39 Å². The van der Waals surface area contributed by atoms with E-state index in [1.165, 1.54) is 24.1 Å². The molecule has 3 rings (SSSR count). The summed E-state index contributed by atoms with van der Waals surface area (Å²) in [4.78, 5) is 2.36. The molecular formula is C12H15FN2. The molecule has 1 saturated heterocycles. The van der Waals surface area contributed by atoms with Crippen LogP contribution >= 0.6 is 0 Å². The van der Waals surface area contributed by atoms with Gasteiger partial charge < -0.3 is 5.73 Å². The Bertz CT molecular complexity index is 376. The van der Waals surface area contributed by atoms with Crippen molar-refractivity contribution in [2.75, 3.05) is 13.1 Å².